The summed E-state index contributed by atoms with van der Waals surface area (Å²) >= 11 is 1.50. The van der Waals surface area contributed by atoms with Gasteiger partial charge in [-0.1, -0.05) is 18.2 Å². The Labute approximate surface area is 170 Å². The fourth-order valence-corrected chi connectivity index (χ4v) is 4.09. The van der Waals surface area contributed by atoms with Gasteiger partial charge in [0.15, 0.2) is 0 Å². The molecule has 0 unspecified atom stereocenters. The minimum atomic E-state index is -0.168. The molecule has 2 aromatic heterocycles. The van der Waals surface area contributed by atoms with Crippen LogP contribution in [0.15, 0.2) is 58.8 Å². The lowest BCUT2D eigenvalue weighted by atomic mass is 10.2. The van der Waals surface area contributed by atoms with E-state index in [1.807, 2.05) is 42.5 Å². The zero-order valence-corrected chi connectivity index (χ0v) is 16.4. The Morgan fingerprint density at radius 1 is 1.17 bits per heavy atom. The van der Waals surface area contributed by atoms with Gasteiger partial charge < -0.3 is 5.32 Å². The van der Waals surface area contributed by atoms with E-state index in [4.69, 9.17) is 0 Å². The number of carbonyl (C=O) groups is 1. The second kappa shape index (κ2) is 7.29. The number of hydrogen-bond donors (Lipinski definition) is 1. The Balaban J connectivity index is 1.32. The first-order valence-corrected chi connectivity index (χ1v) is 10.5. The van der Waals surface area contributed by atoms with Gasteiger partial charge in [0, 0.05) is 18.0 Å². The van der Waals surface area contributed by atoms with E-state index in [1.54, 1.807) is 16.1 Å². The van der Waals surface area contributed by atoms with E-state index in [-0.39, 0.29) is 11.6 Å². The highest BCUT2D eigenvalue weighted by molar-refractivity contribution is 7.16. The standard InChI is InChI=1S/C21H19N5O2S/c27-20(15-8-9-17-18(12-15)29-13-23-17)22-10-11-25-21(28)26(16-4-2-1-3-5-16)19(24-25)14-6-7-14/h1-5,8-9,12-14H,6-7,10-11H2,(H,22,27). The zero-order valence-electron chi connectivity index (χ0n) is 15.6. The maximum atomic E-state index is 12.9. The molecule has 1 fully saturated rings. The third kappa shape index (κ3) is 3.47. The first-order chi connectivity index (χ1) is 14.2. The molecule has 1 N–H and O–H groups in total. The summed E-state index contributed by atoms with van der Waals surface area (Å²) in [5.41, 5.74) is 3.89. The van der Waals surface area contributed by atoms with Crippen LogP contribution < -0.4 is 11.0 Å². The molecule has 1 amide bonds. The lowest BCUT2D eigenvalue weighted by Crippen LogP contribution is -2.32. The van der Waals surface area contributed by atoms with Gasteiger partial charge in [-0.05, 0) is 43.2 Å². The number of nitrogens with one attached hydrogen (secondary N) is 1. The van der Waals surface area contributed by atoms with Crippen LogP contribution >= 0.6 is 11.3 Å². The number of para-hydroxylation sites is 1. The molecular formula is C21H19N5O2S. The molecule has 0 aliphatic heterocycles. The summed E-state index contributed by atoms with van der Waals surface area (Å²) < 4.78 is 4.12. The Kier molecular flexibility index (Phi) is 4.48. The molecule has 0 atom stereocenters. The van der Waals surface area contributed by atoms with Crippen molar-refractivity contribution < 1.29 is 4.79 Å². The van der Waals surface area contributed by atoms with Crippen LogP contribution in [0.3, 0.4) is 0 Å². The normalized spacial score (nSPS) is 13.7. The average molecular weight is 405 g/mol. The van der Waals surface area contributed by atoms with Crippen molar-refractivity contribution in [1.82, 2.24) is 24.6 Å². The van der Waals surface area contributed by atoms with Crippen molar-refractivity contribution in [2.75, 3.05) is 6.54 Å². The summed E-state index contributed by atoms with van der Waals surface area (Å²) in [5.74, 6) is 0.978. The fourth-order valence-electron chi connectivity index (χ4n) is 3.37. The number of fused-ring (bicyclic) bond motifs is 1. The zero-order chi connectivity index (χ0) is 19.8. The van der Waals surface area contributed by atoms with E-state index in [2.05, 4.69) is 15.4 Å². The number of nitrogens with zero attached hydrogens (tertiary/aromatic N) is 4. The van der Waals surface area contributed by atoms with Crippen molar-refractivity contribution in [2.24, 2.45) is 0 Å². The molecule has 0 saturated heterocycles. The van der Waals surface area contributed by atoms with Crippen LogP contribution in [-0.2, 0) is 6.54 Å². The molecule has 2 heterocycles. The van der Waals surface area contributed by atoms with Crippen molar-refractivity contribution in [1.29, 1.82) is 0 Å². The Morgan fingerprint density at radius 3 is 2.79 bits per heavy atom. The molecule has 0 spiro atoms. The van der Waals surface area contributed by atoms with Crippen molar-refractivity contribution in [3.8, 4) is 5.69 Å². The molecule has 1 aliphatic rings. The van der Waals surface area contributed by atoms with Gasteiger partial charge in [-0.15, -0.1) is 11.3 Å². The monoisotopic (exact) mass is 405 g/mol. The molecule has 29 heavy (non-hydrogen) atoms. The Bertz CT molecular complexity index is 1240. The van der Waals surface area contributed by atoms with Crippen LogP contribution in [0.2, 0.25) is 0 Å². The number of amides is 1. The molecular weight excluding hydrogens is 386 g/mol. The number of rotatable bonds is 6. The van der Waals surface area contributed by atoms with Gasteiger partial charge in [0.1, 0.15) is 5.82 Å². The molecule has 5 rings (SSSR count). The molecule has 0 radical (unpaired) electrons. The van der Waals surface area contributed by atoms with Crippen LogP contribution in [0.4, 0.5) is 0 Å². The smallest absolute Gasteiger partial charge is 0.350 e. The number of thiazole rings is 1. The van der Waals surface area contributed by atoms with E-state index < -0.39 is 0 Å². The molecule has 1 aliphatic carbocycles. The first kappa shape index (κ1) is 17.8. The summed E-state index contributed by atoms with van der Waals surface area (Å²) in [7, 11) is 0. The number of carbonyl (C=O) groups excluding carboxylic acids is 1. The molecule has 8 heteroatoms. The Hall–Kier alpha value is -3.26. The SMILES string of the molecule is O=C(NCCn1nc(C2CC2)n(-c2ccccc2)c1=O)c1ccc2ncsc2c1. The summed E-state index contributed by atoms with van der Waals surface area (Å²) in [6.45, 7) is 0.655. The predicted molar refractivity (Wildman–Crippen MR) is 112 cm³/mol. The quantitative estimate of drug-likeness (QED) is 0.535. The summed E-state index contributed by atoms with van der Waals surface area (Å²) in [5, 5.41) is 7.44. The summed E-state index contributed by atoms with van der Waals surface area (Å²) in [4.78, 5) is 29.6. The number of aromatic nitrogens is 4. The molecule has 146 valence electrons. The van der Waals surface area contributed by atoms with E-state index >= 15 is 0 Å². The molecule has 0 bridgehead atoms. The number of hydrogen-bond acceptors (Lipinski definition) is 5. The van der Waals surface area contributed by atoms with Crippen LogP contribution in [-0.4, -0.2) is 31.8 Å². The van der Waals surface area contributed by atoms with E-state index in [0.29, 0.717) is 24.6 Å². The summed E-state index contributed by atoms with van der Waals surface area (Å²) in [6.07, 6.45) is 2.11. The van der Waals surface area contributed by atoms with Gasteiger partial charge >= 0.3 is 5.69 Å². The summed E-state index contributed by atoms with van der Waals surface area (Å²) in [6, 6.07) is 15.0. The highest BCUT2D eigenvalue weighted by Gasteiger charge is 2.31. The largest absolute Gasteiger partial charge is 0.350 e. The molecule has 4 aromatic rings. The third-order valence-corrected chi connectivity index (χ3v) is 5.82. The molecule has 7 nitrogen and oxygen atoms in total. The lowest BCUT2D eigenvalue weighted by molar-refractivity contribution is 0.0952. The minimum absolute atomic E-state index is 0.168. The second-order valence-corrected chi connectivity index (χ2v) is 7.99. The van der Waals surface area contributed by atoms with Crippen LogP contribution in [0.25, 0.3) is 15.9 Å². The van der Waals surface area contributed by atoms with Gasteiger partial charge in [0.2, 0.25) is 0 Å². The van der Waals surface area contributed by atoms with Crippen LogP contribution in [0.5, 0.6) is 0 Å². The van der Waals surface area contributed by atoms with E-state index in [1.165, 1.54) is 16.0 Å². The van der Waals surface area contributed by atoms with E-state index in [0.717, 1.165) is 34.6 Å². The maximum absolute atomic E-state index is 12.9. The van der Waals surface area contributed by atoms with Gasteiger partial charge in [0.25, 0.3) is 5.91 Å². The fraction of sp³-hybridized carbons (Fsp3) is 0.238. The van der Waals surface area contributed by atoms with Gasteiger partial charge in [-0.3, -0.25) is 4.79 Å². The highest BCUT2D eigenvalue weighted by Crippen LogP contribution is 2.39. The van der Waals surface area contributed by atoms with Gasteiger partial charge in [-0.2, -0.15) is 5.10 Å². The molecule has 2 aromatic carbocycles. The predicted octanol–water partition coefficient (Wildman–Crippen LogP) is 2.95. The number of benzene rings is 2. The second-order valence-electron chi connectivity index (χ2n) is 7.10. The Morgan fingerprint density at radius 2 is 2.00 bits per heavy atom. The van der Waals surface area contributed by atoms with Crippen LogP contribution in [0.1, 0.15) is 34.9 Å². The minimum Gasteiger partial charge on any atom is -0.350 e. The van der Waals surface area contributed by atoms with E-state index in [9.17, 15) is 9.59 Å². The average Bonchev–Trinajstić information content (AvgIpc) is 3.39. The van der Waals surface area contributed by atoms with Crippen molar-refractivity contribution in [3.05, 3.63) is 75.9 Å². The highest BCUT2D eigenvalue weighted by atomic mass is 32.1. The first-order valence-electron chi connectivity index (χ1n) is 9.57. The third-order valence-electron chi connectivity index (χ3n) is 5.02. The lowest BCUT2D eigenvalue weighted by Gasteiger charge is -2.05. The van der Waals surface area contributed by atoms with Crippen molar-refractivity contribution in [2.45, 2.75) is 25.3 Å². The molecule has 1 saturated carbocycles. The van der Waals surface area contributed by atoms with Gasteiger partial charge in [-0.25, -0.2) is 19.0 Å². The van der Waals surface area contributed by atoms with Gasteiger partial charge in [0.05, 0.1) is 28.0 Å². The van der Waals surface area contributed by atoms with Crippen molar-refractivity contribution in [3.63, 3.8) is 0 Å². The van der Waals surface area contributed by atoms with Crippen molar-refractivity contribution >= 4 is 27.5 Å². The van der Waals surface area contributed by atoms with Crippen LogP contribution in [0, 0.1) is 0 Å². The maximum Gasteiger partial charge on any atom is 0.350 e. The topological polar surface area (TPSA) is 81.8 Å².